The fraction of sp³-hybridized carbons (Fsp3) is 0.286. The lowest BCUT2D eigenvalue weighted by Crippen LogP contribution is -2.22. The highest BCUT2D eigenvalue weighted by atomic mass is 19.1. The molecule has 0 bridgehead atoms. The smallest absolute Gasteiger partial charge is 0.273 e. The Kier molecular flexibility index (Phi) is 3.85. The van der Waals surface area contributed by atoms with Crippen LogP contribution in [0.4, 0.5) is 4.39 Å². The molecule has 1 amide bonds. The van der Waals surface area contributed by atoms with Gasteiger partial charge in [-0.05, 0) is 25.1 Å². The van der Waals surface area contributed by atoms with E-state index in [0.29, 0.717) is 5.69 Å². The van der Waals surface area contributed by atoms with E-state index < -0.39 is 11.9 Å². The third kappa shape index (κ3) is 2.55. The summed E-state index contributed by atoms with van der Waals surface area (Å²) in [6, 6.07) is 6.01. The Bertz CT molecular complexity index is 635. The zero-order chi connectivity index (χ0) is 14.9. The number of nitrogens with zero attached hydrogens (tertiary/aromatic N) is 3. The van der Waals surface area contributed by atoms with Gasteiger partial charge in [0.25, 0.3) is 5.91 Å². The minimum Gasteiger partial charge on any atom is -0.389 e. The van der Waals surface area contributed by atoms with Gasteiger partial charge in [0, 0.05) is 25.9 Å². The molecular weight excluding hydrogens is 261 g/mol. The molecule has 0 aliphatic rings. The van der Waals surface area contributed by atoms with Crippen molar-refractivity contribution < 1.29 is 14.3 Å². The Hall–Kier alpha value is -2.21. The van der Waals surface area contributed by atoms with E-state index in [9.17, 15) is 14.3 Å². The van der Waals surface area contributed by atoms with Gasteiger partial charge in [0.1, 0.15) is 5.82 Å². The molecule has 0 aliphatic carbocycles. The van der Waals surface area contributed by atoms with Gasteiger partial charge < -0.3 is 10.0 Å². The van der Waals surface area contributed by atoms with E-state index in [-0.39, 0.29) is 17.2 Å². The first-order chi connectivity index (χ1) is 9.41. The first-order valence-electron chi connectivity index (χ1n) is 6.16. The molecule has 0 fully saturated rings. The average Bonchev–Trinajstić information content (AvgIpc) is 2.86. The van der Waals surface area contributed by atoms with E-state index in [1.165, 1.54) is 28.6 Å². The minimum atomic E-state index is -0.969. The summed E-state index contributed by atoms with van der Waals surface area (Å²) in [4.78, 5) is 13.2. The highest BCUT2D eigenvalue weighted by Gasteiger charge is 2.17. The maximum atomic E-state index is 13.8. The van der Waals surface area contributed by atoms with Crippen molar-refractivity contribution in [1.82, 2.24) is 14.7 Å². The number of amides is 1. The standard InChI is InChI=1S/C14H16FN3O2/c1-9(19)13-10(15)5-4-6-12(13)18-8-7-11(16-18)14(20)17(2)3/h4-9,19H,1-3H3/t9-/m1/s1. The van der Waals surface area contributed by atoms with Gasteiger partial charge in [0.2, 0.25) is 0 Å². The van der Waals surface area contributed by atoms with E-state index in [1.807, 2.05) is 0 Å². The van der Waals surface area contributed by atoms with Crippen LogP contribution < -0.4 is 0 Å². The number of rotatable bonds is 3. The van der Waals surface area contributed by atoms with Gasteiger partial charge in [0.15, 0.2) is 5.69 Å². The fourth-order valence-corrected chi connectivity index (χ4v) is 1.94. The Morgan fingerprint density at radius 2 is 2.10 bits per heavy atom. The van der Waals surface area contributed by atoms with Crippen LogP contribution in [0.5, 0.6) is 0 Å². The number of aromatic nitrogens is 2. The van der Waals surface area contributed by atoms with Crippen LogP contribution >= 0.6 is 0 Å². The largest absolute Gasteiger partial charge is 0.389 e. The molecule has 1 aromatic heterocycles. The van der Waals surface area contributed by atoms with Crippen molar-refractivity contribution in [2.45, 2.75) is 13.0 Å². The van der Waals surface area contributed by atoms with Crippen LogP contribution in [0.2, 0.25) is 0 Å². The van der Waals surface area contributed by atoms with E-state index in [4.69, 9.17) is 0 Å². The monoisotopic (exact) mass is 277 g/mol. The van der Waals surface area contributed by atoms with Crippen LogP contribution in [0.1, 0.15) is 29.1 Å². The summed E-state index contributed by atoms with van der Waals surface area (Å²) in [7, 11) is 3.26. The van der Waals surface area contributed by atoms with Crippen LogP contribution in [0.3, 0.4) is 0 Å². The second kappa shape index (κ2) is 5.42. The van der Waals surface area contributed by atoms with Crippen LogP contribution in [0.25, 0.3) is 5.69 Å². The number of carbonyl (C=O) groups excluding carboxylic acids is 1. The first kappa shape index (κ1) is 14.2. The molecule has 0 aliphatic heterocycles. The van der Waals surface area contributed by atoms with Crippen LogP contribution in [-0.4, -0.2) is 39.8 Å². The molecule has 1 heterocycles. The topological polar surface area (TPSA) is 58.4 Å². The molecule has 0 spiro atoms. The number of aliphatic hydroxyl groups is 1. The highest BCUT2D eigenvalue weighted by Crippen LogP contribution is 2.24. The van der Waals surface area contributed by atoms with Crippen molar-refractivity contribution in [3.8, 4) is 5.69 Å². The maximum Gasteiger partial charge on any atom is 0.273 e. The van der Waals surface area contributed by atoms with Crippen LogP contribution in [0.15, 0.2) is 30.5 Å². The molecule has 2 rings (SSSR count). The highest BCUT2D eigenvalue weighted by molar-refractivity contribution is 5.91. The first-order valence-corrected chi connectivity index (χ1v) is 6.16. The van der Waals surface area contributed by atoms with E-state index in [2.05, 4.69) is 5.10 Å². The summed E-state index contributed by atoms with van der Waals surface area (Å²) in [5.41, 5.74) is 0.827. The average molecular weight is 277 g/mol. The number of hydrogen-bond donors (Lipinski definition) is 1. The van der Waals surface area contributed by atoms with Gasteiger partial charge in [-0.15, -0.1) is 0 Å². The second-order valence-corrected chi connectivity index (χ2v) is 4.69. The number of halogens is 1. The van der Waals surface area contributed by atoms with Crippen molar-refractivity contribution in [1.29, 1.82) is 0 Å². The quantitative estimate of drug-likeness (QED) is 0.930. The van der Waals surface area contributed by atoms with Gasteiger partial charge in [-0.3, -0.25) is 4.79 Å². The molecule has 106 valence electrons. The Morgan fingerprint density at radius 3 is 2.70 bits per heavy atom. The molecule has 0 saturated carbocycles. The summed E-state index contributed by atoms with van der Waals surface area (Å²) in [6.45, 7) is 1.48. The number of benzene rings is 1. The zero-order valence-corrected chi connectivity index (χ0v) is 11.5. The van der Waals surface area contributed by atoms with Gasteiger partial charge in [-0.1, -0.05) is 6.07 Å². The Labute approximate surface area is 116 Å². The maximum absolute atomic E-state index is 13.8. The molecular formula is C14H16FN3O2. The van der Waals surface area contributed by atoms with Gasteiger partial charge in [-0.2, -0.15) is 5.10 Å². The van der Waals surface area contributed by atoms with Gasteiger partial charge >= 0.3 is 0 Å². The molecule has 1 aromatic carbocycles. The van der Waals surface area contributed by atoms with Crippen molar-refractivity contribution in [3.05, 3.63) is 47.5 Å². The number of carbonyl (C=O) groups is 1. The normalized spacial score (nSPS) is 12.2. The molecule has 0 unspecified atom stereocenters. The third-order valence-electron chi connectivity index (χ3n) is 2.91. The molecule has 0 radical (unpaired) electrons. The lowest BCUT2D eigenvalue weighted by atomic mass is 10.1. The predicted octanol–water partition coefficient (Wildman–Crippen LogP) is 1.77. The predicted molar refractivity (Wildman–Crippen MR) is 72.2 cm³/mol. The van der Waals surface area contributed by atoms with Crippen LogP contribution in [-0.2, 0) is 0 Å². The molecule has 1 N–H and O–H groups in total. The van der Waals surface area contributed by atoms with Crippen molar-refractivity contribution in [2.24, 2.45) is 0 Å². The molecule has 0 saturated heterocycles. The molecule has 20 heavy (non-hydrogen) atoms. The van der Waals surface area contributed by atoms with Gasteiger partial charge in [-0.25, -0.2) is 9.07 Å². The SMILES string of the molecule is C[C@@H](O)c1c(F)cccc1-n1ccc(C(=O)N(C)C)n1. The van der Waals surface area contributed by atoms with E-state index >= 15 is 0 Å². The van der Waals surface area contributed by atoms with E-state index in [0.717, 1.165) is 0 Å². The summed E-state index contributed by atoms with van der Waals surface area (Å²) in [6.07, 6.45) is 0.598. The minimum absolute atomic E-state index is 0.152. The lowest BCUT2D eigenvalue weighted by Gasteiger charge is -2.13. The zero-order valence-electron chi connectivity index (χ0n) is 11.5. The molecule has 5 nitrogen and oxygen atoms in total. The van der Waals surface area contributed by atoms with Gasteiger partial charge in [0.05, 0.1) is 11.8 Å². The van der Waals surface area contributed by atoms with Crippen molar-refractivity contribution in [2.75, 3.05) is 14.1 Å². The number of hydrogen-bond acceptors (Lipinski definition) is 3. The lowest BCUT2D eigenvalue weighted by molar-refractivity contribution is 0.0821. The summed E-state index contributed by atoms with van der Waals surface area (Å²) >= 11 is 0. The van der Waals surface area contributed by atoms with Crippen molar-refractivity contribution in [3.63, 3.8) is 0 Å². The fourth-order valence-electron chi connectivity index (χ4n) is 1.94. The molecule has 2 aromatic rings. The summed E-state index contributed by atoms with van der Waals surface area (Å²) in [5.74, 6) is -0.743. The second-order valence-electron chi connectivity index (χ2n) is 4.69. The molecule has 1 atom stereocenters. The van der Waals surface area contributed by atoms with E-state index in [1.54, 1.807) is 32.4 Å². The summed E-state index contributed by atoms with van der Waals surface area (Å²) in [5, 5.41) is 13.8. The Morgan fingerprint density at radius 1 is 1.40 bits per heavy atom. The van der Waals surface area contributed by atoms with Crippen molar-refractivity contribution >= 4 is 5.91 Å². The molecule has 6 heteroatoms. The number of aliphatic hydroxyl groups excluding tert-OH is 1. The third-order valence-corrected chi connectivity index (χ3v) is 2.91. The summed E-state index contributed by atoms with van der Waals surface area (Å²) < 4.78 is 15.2. The van der Waals surface area contributed by atoms with Crippen LogP contribution in [0, 0.1) is 5.82 Å². The Balaban J connectivity index is 2.48.